The van der Waals surface area contributed by atoms with Crippen molar-refractivity contribution in [2.75, 3.05) is 44.7 Å². The number of carbonyl (C=O) groups excluding carboxylic acids is 1. The van der Waals surface area contributed by atoms with Crippen LogP contribution >= 0.6 is 11.6 Å². The van der Waals surface area contributed by atoms with Crippen LogP contribution in [0.2, 0.25) is 5.02 Å². The van der Waals surface area contributed by atoms with E-state index in [9.17, 15) is 4.79 Å². The fourth-order valence-corrected chi connectivity index (χ4v) is 5.85. The number of hydrogen-bond donors (Lipinski definition) is 2. The molecule has 5 heterocycles. The van der Waals surface area contributed by atoms with E-state index in [4.69, 9.17) is 11.6 Å². The van der Waals surface area contributed by atoms with Crippen molar-refractivity contribution in [2.45, 2.75) is 19.0 Å². The van der Waals surface area contributed by atoms with Crippen LogP contribution in [0.25, 0.3) is 27.7 Å². The molecule has 0 radical (unpaired) electrons. The zero-order valence-electron chi connectivity index (χ0n) is 21.0. The van der Waals surface area contributed by atoms with E-state index < -0.39 is 0 Å². The largest absolute Gasteiger partial charge is 0.372 e. The van der Waals surface area contributed by atoms with Crippen LogP contribution in [0.1, 0.15) is 17.7 Å². The number of anilines is 1. The zero-order valence-corrected chi connectivity index (χ0v) is 21.8. The van der Waals surface area contributed by atoms with E-state index in [1.807, 2.05) is 11.0 Å². The number of aryl methyl sites for hydroxylation is 1. The molecule has 0 spiro atoms. The van der Waals surface area contributed by atoms with Crippen molar-refractivity contribution in [3.8, 4) is 11.1 Å². The number of dihydropyridines is 1. The number of aromatic nitrogens is 2. The van der Waals surface area contributed by atoms with E-state index in [0.29, 0.717) is 11.6 Å². The van der Waals surface area contributed by atoms with Gasteiger partial charge in [0.2, 0.25) is 5.91 Å². The number of fused-ring (bicyclic) bond motifs is 2. The van der Waals surface area contributed by atoms with Crippen molar-refractivity contribution in [1.82, 2.24) is 25.1 Å². The Morgan fingerprint density at radius 3 is 2.78 bits per heavy atom. The Balaban J connectivity index is 1.41. The summed E-state index contributed by atoms with van der Waals surface area (Å²) in [5.41, 5.74) is 6.82. The number of nitrogens with one attached hydrogen (secondary N) is 2. The van der Waals surface area contributed by atoms with Crippen LogP contribution in [0.4, 0.5) is 5.69 Å². The number of rotatable bonds is 4. The van der Waals surface area contributed by atoms with Crippen LogP contribution < -0.4 is 10.2 Å². The van der Waals surface area contributed by atoms with E-state index in [0.717, 1.165) is 78.1 Å². The van der Waals surface area contributed by atoms with Gasteiger partial charge in [-0.15, -0.1) is 0 Å². The number of amides is 1. The summed E-state index contributed by atoms with van der Waals surface area (Å²) in [6.45, 7) is 8.61. The van der Waals surface area contributed by atoms with Crippen LogP contribution in [0.5, 0.6) is 0 Å². The first kappa shape index (κ1) is 24.0. The van der Waals surface area contributed by atoms with E-state index in [2.05, 4.69) is 75.3 Å². The minimum Gasteiger partial charge on any atom is -0.372 e. The standard InChI is InChI=1S/C29H31ClN6O/c1-3-25(37)36-12-4-5-19-6-7-20(17-23(19)36)26-27-22(30)10-11-31-29(27)33-28(26)21-8-9-24(32-18-21)35-15-13-34(2)14-16-35/h3,6-11,17-18,24,32H,1,4-5,12-16H2,2H3,(H,31,33). The molecule has 7 nitrogen and oxygen atoms in total. The fraction of sp³-hybridized carbons (Fsp3) is 0.310. The zero-order chi connectivity index (χ0) is 25.5. The Kier molecular flexibility index (Phi) is 6.36. The number of piperazine rings is 1. The summed E-state index contributed by atoms with van der Waals surface area (Å²) in [6, 6.07) is 8.19. The van der Waals surface area contributed by atoms with E-state index >= 15 is 0 Å². The van der Waals surface area contributed by atoms with Crippen LogP contribution in [0.15, 0.2) is 61.5 Å². The lowest BCUT2D eigenvalue weighted by Gasteiger charge is -2.37. The molecule has 0 aliphatic carbocycles. The molecule has 0 saturated carbocycles. The van der Waals surface area contributed by atoms with Gasteiger partial charge in [-0.3, -0.25) is 9.69 Å². The number of benzene rings is 1. The second kappa shape index (κ2) is 9.82. The second-order valence-electron chi connectivity index (χ2n) is 9.94. The van der Waals surface area contributed by atoms with Crippen molar-refractivity contribution in [3.63, 3.8) is 0 Å². The fourth-order valence-electron chi connectivity index (χ4n) is 5.61. The van der Waals surface area contributed by atoms with Crippen LogP contribution in [0, 0.1) is 0 Å². The molecule has 3 aliphatic heterocycles. The predicted octanol–water partition coefficient (Wildman–Crippen LogP) is 4.42. The topological polar surface area (TPSA) is 67.5 Å². The van der Waals surface area contributed by atoms with Crippen molar-refractivity contribution in [3.05, 3.63) is 77.7 Å². The molecular weight excluding hydrogens is 484 g/mol. The lowest BCUT2D eigenvalue weighted by Crippen LogP contribution is -2.52. The molecule has 1 unspecified atom stereocenters. The van der Waals surface area contributed by atoms with Gasteiger partial charge in [-0.2, -0.15) is 0 Å². The first-order valence-corrected chi connectivity index (χ1v) is 13.2. The van der Waals surface area contributed by atoms with Gasteiger partial charge in [-0.25, -0.2) is 4.98 Å². The Hall–Kier alpha value is -3.39. The van der Waals surface area contributed by atoms with Crippen molar-refractivity contribution in [1.29, 1.82) is 0 Å². The van der Waals surface area contributed by atoms with Crippen molar-refractivity contribution < 1.29 is 4.79 Å². The van der Waals surface area contributed by atoms with Gasteiger partial charge in [0, 0.05) is 67.3 Å². The van der Waals surface area contributed by atoms with Gasteiger partial charge >= 0.3 is 0 Å². The highest BCUT2D eigenvalue weighted by Gasteiger charge is 2.26. The van der Waals surface area contributed by atoms with Crippen molar-refractivity contribution >= 4 is 39.8 Å². The maximum atomic E-state index is 12.6. The van der Waals surface area contributed by atoms with Gasteiger partial charge in [0.15, 0.2) is 0 Å². The average Bonchev–Trinajstić information content (AvgIpc) is 3.33. The number of aromatic amines is 1. The van der Waals surface area contributed by atoms with E-state index in [1.54, 1.807) is 6.20 Å². The van der Waals surface area contributed by atoms with Gasteiger partial charge in [0.25, 0.3) is 0 Å². The highest BCUT2D eigenvalue weighted by atomic mass is 35.5. The number of carbonyl (C=O) groups is 1. The first-order valence-electron chi connectivity index (χ1n) is 12.8. The summed E-state index contributed by atoms with van der Waals surface area (Å²) in [5, 5.41) is 5.11. The number of H-pyrrole nitrogens is 1. The van der Waals surface area contributed by atoms with E-state index in [1.165, 1.54) is 11.6 Å². The third-order valence-electron chi connectivity index (χ3n) is 7.66. The van der Waals surface area contributed by atoms with Crippen LogP contribution in [0.3, 0.4) is 0 Å². The first-order chi connectivity index (χ1) is 18.0. The molecule has 37 heavy (non-hydrogen) atoms. The number of halogens is 1. The lowest BCUT2D eigenvalue weighted by atomic mass is 9.93. The highest BCUT2D eigenvalue weighted by Crippen LogP contribution is 2.42. The molecule has 3 aromatic rings. The maximum absolute atomic E-state index is 12.6. The summed E-state index contributed by atoms with van der Waals surface area (Å²) < 4.78 is 0. The highest BCUT2D eigenvalue weighted by molar-refractivity contribution is 6.36. The third kappa shape index (κ3) is 4.37. The molecule has 3 aliphatic rings. The average molecular weight is 515 g/mol. The lowest BCUT2D eigenvalue weighted by molar-refractivity contribution is -0.114. The monoisotopic (exact) mass is 514 g/mol. The molecule has 190 valence electrons. The number of allylic oxidation sites excluding steroid dienone is 2. The van der Waals surface area contributed by atoms with Gasteiger partial charge in [-0.05, 0) is 55.3 Å². The summed E-state index contributed by atoms with van der Waals surface area (Å²) in [7, 11) is 2.17. The molecule has 1 saturated heterocycles. The molecule has 2 N–H and O–H groups in total. The van der Waals surface area contributed by atoms with Gasteiger partial charge in [-0.1, -0.05) is 36.4 Å². The van der Waals surface area contributed by atoms with Crippen LogP contribution in [-0.4, -0.2) is 71.6 Å². The second-order valence-corrected chi connectivity index (χ2v) is 10.3. The van der Waals surface area contributed by atoms with Crippen molar-refractivity contribution in [2.24, 2.45) is 0 Å². The number of likely N-dealkylation sites (N-methyl/N-ethyl adjacent to an activating group) is 1. The Labute approximate surface area is 222 Å². The number of nitrogens with zero attached hydrogens (tertiary/aromatic N) is 4. The summed E-state index contributed by atoms with van der Waals surface area (Å²) >= 11 is 6.74. The summed E-state index contributed by atoms with van der Waals surface area (Å²) in [5.74, 6) is -0.0750. The molecular formula is C29H31ClN6O. The Morgan fingerprint density at radius 2 is 2.03 bits per heavy atom. The molecule has 1 fully saturated rings. The molecule has 8 heteroatoms. The van der Waals surface area contributed by atoms with Gasteiger partial charge in [0.05, 0.1) is 16.9 Å². The quantitative estimate of drug-likeness (QED) is 0.504. The minimum atomic E-state index is -0.0750. The molecule has 1 atom stereocenters. The predicted molar refractivity (Wildman–Crippen MR) is 151 cm³/mol. The smallest absolute Gasteiger partial charge is 0.250 e. The number of pyridine rings is 1. The molecule has 0 bridgehead atoms. The third-order valence-corrected chi connectivity index (χ3v) is 7.98. The molecule has 1 amide bonds. The Bertz CT molecular complexity index is 1430. The minimum absolute atomic E-state index is 0.0750. The normalized spacial score (nSPS) is 20.4. The number of hydrogen-bond acceptors (Lipinski definition) is 5. The van der Waals surface area contributed by atoms with Crippen LogP contribution in [-0.2, 0) is 11.2 Å². The van der Waals surface area contributed by atoms with Gasteiger partial charge < -0.3 is 20.1 Å². The Morgan fingerprint density at radius 1 is 1.19 bits per heavy atom. The van der Waals surface area contributed by atoms with Gasteiger partial charge in [0.1, 0.15) is 5.65 Å². The molecule has 6 rings (SSSR count). The summed E-state index contributed by atoms with van der Waals surface area (Å²) in [4.78, 5) is 27.4. The molecule has 2 aromatic heterocycles. The molecule has 1 aromatic carbocycles. The SMILES string of the molecule is C=CC(=O)N1CCCc2ccc(-c3c(C4=CNC(N5CCN(C)CC5)C=C4)[nH]c4nccc(Cl)c34)cc21. The van der Waals surface area contributed by atoms with E-state index in [-0.39, 0.29) is 12.1 Å². The summed E-state index contributed by atoms with van der Waals surface area (Å²) in [6.07, 6.45) is 11.7. The maximum Gasteiger partial charge on any atom is 0.250 e.